The van der Waals surface area contributed by atoms with E-state index < -0.39 is 35.6 Å². The number of nitrogens with one attached hydrogen (secondary N) is 2. The highest BCUT2D eigenvalue weighted by Crippen LogP contribution is 2.30. The van der Waals surface area contributed by atoms with Gasteiger partial charge in [0.15, 0.2) is 12.5 Å². The number of urea groups is 1. The van der Waals surface area contributed by atoms with Gasteiger partial charge in [-0.3, -0.25) is 19.2 Å². The number of fused-ring (bicyclic) bond motifs is 2. The van der Waals surface area contributed by atoms with Gasteiger partial charge < -0.3 is 25.0 Å². The lowest BCUT2D eigenvalue weighted by Crippen LogP contribution is -2.54. The Morgan fingerprint density at radius 1 is 1.07 bits per heavy atom. The Balaban J connectivity index is 1.46. The summed E-state index contributed by atoms with van der Waals surface area (Å²) in [6, 6.07) is 9.33. The molecule has 1 saturated heterocycles. The number of ketones is 1. The van der Waals surface area contributed by atoms with E-state index in [9.17, 15) is 24.0 Å². The molecule has 5 rings (SSSR count). The molecule has 0 spiro atoms. The second-order valence-corrected chi connectivity index (χ2v) is 10.9. The predicted octanol–water partition coefficient (Wildman–Crippen LogP) is 2.15. The van der Waals surface area contributed by atoms with Crippen molar-refractivity contribution in [2.24, 2.45) is 5.41 Å². The number of benzene rings is 2. The van der Waals surface area contributed by atoms with Crippen LogP contribution in [0.1, 0.15) is 52.6 Å². The van der Waals surface area contributed by atoms with Gasteiger partial charge in [-0.1, -0.05) is 17.9 Å². The Bertz CT molecular complexity index is 1530. The van der Waals surface area contributed by atoms with Crippen LogP contribution in [-0.2, 0) is 20.9 Å². The van der Waals surface area contributed by atoms with Crippen LogP contribution in [0.15, 0.2) is 36.4 Å². The molecule has 11 heteroatoms. The zero-order valence-electron chi connectivity index (χ0n) is 22.5. The molecule has 40 heavy (non-hydrogen) atoms. The van der Waals surface area contributed by atoms with Crippen molar-refractivity contribution in [1.82, 2.24) is 15.1 Å². The van der Waals surface area contributed by atoms with Crippen LogP contribution in [0.25, 0.3) is 0 Å². The monoisotopic (exact) mass is 544 g/mol. The first kappa shape index (κ1) is 26.7. The van der Waals surface area contributed by atoms with Gasteiger partial charge in [0.25, 0.3) is 11.8 Å². The summed E-state index contributed by atoms with van der Waals surface area (Å²) in [5.74, 6) is 4.64. The highest BCUT2D eigenvalue weighted by molar-refractivity contribution is 6.10. The number of Topliss-reactive ketones (excluding diaryl/α,β-unsaturated/α-hetero) is 1. The van der Waals surface area contributed by atoms with Crippen molar-refractivity contribution >= 4 is 35.3 Å². The molecule has 206 valence electrons. The fourth-order valence-electron chi connectivity index (χ4n) is 4.66. The van der Waals surface area contributed by atoms with Crippen LogP contribution in [-0.4, -0.2) is 71.9 Å². The van der Waals surface area contributed by atoms with Gasteiger partial charge in [-0.15, -0.1) is 0 Å². The zero-order chi connectivity index (χ0) is 28.8. The number of amides is 4. The number of hydrogen-bond acceptors (Lipinski definition) is 8. The number of rotatable bonds is 5. The first-order valence-corrected chi connectivity index (χ1v) is 12.6. The molecule has 4 amide bonds. The Kier molecular flexibility index (Phi) is 6.50. The maximum absolute atomic E-state index is 13.8. The van der Waals surface area contributed by atoms with Crippen LogP contribution in [0.2, 0.25) is 0 Å². The minimum absolute atomic E-state index is 0.0339. The van der Waals surface area contributed by atoms with E-state index in [1.807, 2.05) is 0 Å². The van der Waals surface area contributed by atoms with Crippen molar-refractivity contribution in [3.8, 4) is 17.6 Å². The van der Waals surface area contributed by atoms with E-state index in [-0.39, 0.29) is 31.3 Å². The van der Waals surface area contributed by atoms with E-state index in [2.05, 4.69) is 22.5 Å². The van der Waals surface area contributed by atoms with Crippen LogP contribution >= 0.6 is 0 Å². The average Bonchev–Trinajstić information content (AvgIpc) is 3.52. The summed E-state index contributed by atoms with van der Waals surface area (Å²) >= 11 is 0. The Morgan fingerprint density at radius 3 is 2.58 bits per heavy atom. The smallest absolute Gasteiger partial charge is 0.328 e. The molecular weight excluding hydrogens is 516 g/mol. The fourth-order valence-corrected chi connectivity index (χ4v) is 4.66. The number of carbonyl (C=O) groups is 5. The van der Waals surface area contributed by atoms with Gasteiger partial charge in [0.1, 0.15) is 5.75 Å². The third-order valence-electron chi connectivity index (χ3n) is 6.92. The van der Waals surface area contributed by atoms with Gasteiger partial charge in [-0.25, -0.2) is 9.69 Å². The SMILES string of the molecule is COc1ccc2c(c1)C(=O)N(C[C@@]1(C#Cc3ccc4c(c3)NCC4=O)NC(=O)N(COC(=O)C(C)(C)C)C1=O)C2. The summed E-state index contributed by atoms with van der Waals surface area (Å²) in [5.41, 5.74) is 0.209. The van der Waals surface area contributed by atoms with Gasteiger partial charge in [0.05, 0.1) is 25.6 Å². The van der Waals surface area contributed by atoms with Gasteiger partial charge in [0.2, 0.25) is 5.54 Å². The second kappa shape index (κ2) is 9.72. The van der Waals surface area contributed by atoms with Crippen molar-refractivity contribution in [3.05, 3.63) is 58.7 Å². The first-order chi connectivity index (χ1) is 18.9. The number of imide groups is 1. The summed E-state index contributed by atoms with van der Waals surface area (Å²) in [5, 5.41) is 5.64. The summed E-state index contributed by atoms with van der Waals surface area (Å²) in [6.07, 6.45) is 0. The molecule has 11 nitrogen and oxygen atoms in total. The van der Waals surface area contributed by atoms with Crippen LogP contribution < -0.4 is 15.4 Å². The minimum Gasteiger partial charge on any atom is -0.497 e. The van der Waals surface area contributed by atoms with E-state index in [4.69, 9.17) is 9.47 Å². The number of anilines is 1. The summed E-state index contributed by atoms with van der Waals surface area (Å²) in [6.45, 7) is 4.52. The van der Waals surface area contributed by atoms with E-state index in [0.717, 1.165) is 10.5 Å². The molecule has 3 heterocycles. The molecular formula is C29H28N4O7. The highest BCUT2D eigenvalue weighted by atomic mass is 16.5. The summed E-state index contributed by atoms with van der Waals surface area (Å²) in [7, 11) is 1.50. The second-order valence-electron chi connectivity index (χ2n) is 10.9. The molecule has 2 N–H and O–H groups in total. The van der Waals surface area contributed by atoms with Gasteiger partial charge >= 0.3 is 12.0 Å². The first-order valence-electron chi connectivity index (χ1n) is 12.6. The van der Waals surface area contributed by atoms with E-state index >= 15 is 0 Å². The summed E-state index contributed by atoms with van der Waals surface area (Å²) in [4.78, 5) is 66.5. The minimum atomic E-state index is -1.81. The molecule has 0 bridgehead atoms. The Hall–Kier alpha value is -4.85. The van der Waals surface area contributed by atoms with E-state index in [1.165, 1.54) is 12.0 Å². The topological polar surface area (TPSA) is 134 Å². The van der Waals surface area contributed by atoms with Crippen LogP contribution in [0.3, 0.4) is 0 Å². The van der Waals surface area contributed by atoms with Crippen molar-refractivity contribution in [2.75, 3.05) is 32.2 Å². The predicted molar refractivity (Wildman–Crippen MR) is 142 cm³/mol. The molecule has 0 aromatic heterocycles. The van der Waals surface area contributed by atoms with Gasteiger partial charge in [-0.2, -0.15) is 0 Å². The maximum Gasteiger partial charge on any atom is 0.328 e. The van der Waals surface area contributed by atoms with Crippen LogP contribution in [0.5, 0.6) is 5.75 Å². The Morgan fingerprint density at radius 2 is 1.85 bits per heavy atom. The summed E-state index contributed by atoms with van der Waals surface area (Å²) < 4.78 is 10.5. The quantitative estimate of drug-likeness (QED) is 0.332. The zero-order valence-corrected chi connectivity index (χ0v) is 22.5. The molecule has 2 aromatic carbocycles. The molecule has 3 aliphatic heterocycles. The number of ether oxygens (including phenoxy) is 2. The molecule has 3 aliphatic rings. The van der Waals surface area contributed by atoms with Crippen molar-refractivity contribution in [2.45, 2.75) is 32.9 Å². The average molecular weight is 545 g/mol. The van der Waals surface area contributed by atoms with Gasteiger partial charge in [-0.05, 0) is 56.7 Å². The fraction of sp³-hybridized carbons (Fsp3) is 0.345. The molecule has 0 unspecified atom stereocenters. The lowest BCUT2D eigenvalue weighted by Gasteiger charge is -2.27. The number of nitrogens with zero attached hydrogens (tertiary/aromatic N) is 2. The molecule has 0 radical (unpaired) electrons. The number of hydrogen-bond donors (Lipinski definition) is 2. The van der Waals surface area contributed by atoms with Gasteiger partial charge in [0, 0.05) is 28.9 Å². The molecule has 1 atom stereocenters. The van der Waals surface area contributed by atoms with Crippen LogP contribution in [0, 0.1) is 17.3 Å². The molecule has 2 aromatic rings. The van der Waals surface area contributed by atoms with Crippen LogP contribution in [0.4, 0.5) is 10.5 Å². The molecule has 1 fully saturated rings. The van der Waals surface area contributed by atoms with Crippen molar-refractivity contribution in [1.29, 1.82) is 0 Å². The van der Waals surface area contributed by atoms with Crippen molar-refractivity contribution in [3.63, 3.8) is 0 Å². The van der Waals surface area contributed by atoms with E-state index in [1.54, 1.807) is 57.2 Å². The standard InChI is InChI=1S/C29H28N4O7/c1-28(2,3)26(37)40-16-33-25(36)29(31-27(33)38,10-9-17-5-8-20-22(11-17)30-13-23(20)34)15-32-14-18-6-7-19(39-4)12-21(18)24(32)35/h5-8,11-12,30H,13-16H2,1-4H3,(H,31,38)/t29-/m1/s1. The number of carbonyl (C=O) groups excluding carboxylic acids is 5. The number of methoxy groups -OCH3 is 1. The lowest BCUT2D eigenvalue weighted by molar-refractivity contribution is -0.158. The number of esters is 1. The largest absolute Gasteiger partial charge is 0.497 e. The third-order valence-corrected chi connectivity index (χ3v) is 6.92. The highest BCUT2D eigenvalue weighted by Gasteiger charge is 2.53. The third kappa shape index (κ3) is 4.73. The molecule has 0 saturated carbocycles. The van der Waals surface area contributed by atoms with Crippen molar-refractivity contribution < 1.29 is 33.4 Å². The maximum atomic E-state index is 13.8. The van der Waals surface area contributed by atoms with E-state index in [0.29, 0.717) is 28.1 Å². The Labute approximate surface area is 230 Å². The normalized spacial score (nSPS) is 19.5. The molecule has 0 aliphatic carbocycles. The lowest BCUT2D eigenvalue weighted by atomic mass is 9.97.